The van der Waals surface area contributed by atoms with Crippen LogP contribution in [-0.2, 0) is 37.4 Å². The SMILES string of the molecule is CC1C(C)N(C(C)(C)C)C(C)C1C(C)(C)C.CC1C(C)N(C(C)(C)C)C(C)C1C(C)(C)C.CC1OC(C(C)(C)C)=NC1C(C)(C)C.Cc1c(C(C)(C)C)c(C)n(C(C)(C)C)c1C.Cc1oc(C(C)(C)C)nc1C(C)(C)C.Cc1sc(C(C)(C)C)nc1C(C)(C)C. The number of likely N-dealkylation sites (tertiary alicyclic amines) is 2. The third-order valence-corrected chi connectivity index (χ3v) is 20.6. The number of aliphatic imine (C=N–C) groups is 1. The zero-order valence-electron chi connectivity index (χ0n) is 69.2. The van der Waals surface area contributed by atoms with Crippen molar-refractivity contribution in [2.45, 2.75) is 412 Å². The summed E-state index contributed by atoms with van der Waals surface area (Å²) in [6.07, 6.45) is 0.212. The molecule has 0 bridgehead atoms. The van der Waals surface area contributed by atoms with Gasteiger partial charge in [-0.1, -0.05) is 201 Å². The van der Waals surface area contributed by atoms with E-state index in [0.29, 0.717) is 35.0 Å². The maximum absolute atomic E-state index is 5.81. The van der Waals surface area contributed by atoms with Gasteiger partial charge in [0.1, 0.15) is 11.9 Å². The van der Waals surface area contributed by atoms with E-state index in [2.05, 4.69) is 345 Å². The van der Waals surface area contributed by atoms with Crippen LogP contribution < -0.4 is 0 Å². The van der Waals surface area contributed by atoms with Gasteiger partial charge in [-0.15, -0.1) is 11.3 Å². The Morgan fingerprint density at radius 2 is 0.767 bits per heavy atom. The lowest BCUT2D eigenvalue weighted by molar-refractivity contribution is 0.0671. The third-order valence-electron chi connectivity index (χ3n) is 19.2. The topological polar surface area (TPSA) is 71.9 Å². The summed E-state index contributed by atoms with van der Waals surface area (Å²) in [5, 5.41) is 1.25. The summed E-state index contributed by atoms with van der Waals surface area (Å²) in [7, 11) is 0. The first-order valence-corrected chi connectivity index (χ1v) is 36.1. The van der Waals surface area contributed by atoms with E-state index in [9.17, 15) is 0 Å². The minimum Gasteiger partial charge on any atom is -0.475 e. The normalized spacial score (nSPS) is 24.5. The molecule has 526 valence electrons. The molecule has 6 heterocycles. The van der Waals surface area contributed by atoms with Crippen LogP contribution in [-0.4, -0.2) is 77.6 Å². The smallest absolute Gasteiger partial charge is 0.200 e. The van der Waals surface area contributed by atoms with Crippen LogP contribution in [0.3, 0.4) is 0 Å². The Labute approximate surface area is 565 Å². The fourth-order valence-electron chi connectivity index (χ4n) is 16.2. The molecule has 0 aromatic carbocycles. The van der Waals surface area contributed by atoms with Crippen molar-refractivity contribution < 1.29 is 9.15 Å². The first-order chi connectivity index (χ1) is 39.3. The molecule has 0 amide bonds. The van der Waals surface area contributed by atoms with E-state index in [0.717, 1.165) is 46.9 Å². The van der Waals surface area contributed by atoms with Crippen LogP contribution in [0.4, 0.5) is 0 Å². The largest absolute Gasteiger partial charge is 0.475 e. The summed E-state index contributed by atoms with van der Waals surface area (Å²) in [5.41, 5.74) is 10.6. The van der Waals surface area contributed by atoms with Crippen LogP contribution in [0.2, 0.25) is 0 Å². The van der Waals surface area contributed by atoms with E-state index in [4.69, 9.17) is 19.1 Å². The minimum absolute atomic E-state index is 0.00569. The van der Waals surface area contributed by atoms with Crippen LogP contribution in [0.1, 0.15) is 353 Å². The van der Waals surface area contributed by atoms with Crippen molar-refractivity contribution >= 4 is 17.2 Å². The van der Waals surface area contributed by atoms with Gasteiger partial charge in [0.25, 0.3) is 0 Å². The number of hydrogen-bond acceptors (Lipinski definition) is 8. The summed E-state index contributed by atoms with van der Waals surface area (Å²) in [4.78, 5) is 20.9. The molecule has 8 nitrogen and oxygen atoms in total. The molecule has 2 saturated heterocycles. The molecule has 0 N–H and O–H groups in total. The molecule has 0 spiro atoms. The molecule has 6 rings (SSSR count). The van der Waals surface area contributed by atoms with Crippen molar-refractivity contribution in [3.05, 3.63) is 55.4 Å². The van der Waals surface area contributed by atoms with E-state index >= 15 is 0 Å². The second-order valence-corrected chi connectivity index (χ2v) is 41.9. The van der Waals surface area contributed by atoms with Crippen LogP contribution in [0.25, 0.3) is 0 Å². The van der Waals surface area contributed by atoms with Crippen LogP contribution >= 0.6 is 11.3 Å². The van der Waals surface area contributed by atoms with Gasteiger partial charge in [0.2, 0.25) is 0 Å². The average Bonchev–Trinajstić information content (AvgIpc) is 1.63. The number of aromatic nitrogens is 3. The summed E-state index contributed by atoms with van der Waals surface area (Å²) in [6, 6.07) is 3.05. The number of rotatable bonds is 0. The standard InChI is InChI=1S/2C15H31N.C15H27N.C12H23NO.C12H21NO.C12H21NS/c3*1-10-11(2)16(15(7,8)9)12(3)13(10)14(4,5)6;3*1-8-9(11(2,3)4)13-10(14-8)12(5,6)7/h2*10-13H,1-9H3;1-9H3;8-9H,1-7H3;2*1-7H3. The number of ether oxygens (including phenoxy) is 1. The van der Waals surface area contributed by atoms with Gasteiger partial charge in [-0.2, -0.15) is 0 Å². The molecule has 0 saturated carbocycles. The minimum atomic E-state index is -0.00569. The highest BCUT2D eigenvalue weighted by Crippen LogP contribution is 2.49. The van der Waals surface area contributed by atoms with Crippen molar-refractivity contribution in [1.29, 1.82) is 0 Å². The number of oxazole rings is 1. The van der Waals surface area contributed by atoms with Gasteiger partial charge in [-0.05, 0) is 188 Å². The predicted octanol–water partition coefficient (Wildman–Crippen LogP) is 23.7. The van der Waals surface area contributed by atoms with Crippen molar-refractivity contribution in [2.24, 2.45) is 50.3 Å². The molecule has 3 aromatic heterocycles. The second kappa shape index (κ2) is 29.1. The highest BCUT2D eigenvalue weighted by atomic mass is 32.1. The number of hydrogen-bond donors (Lipinski definition) is 0. The summed E-state index contributed by atoms with van der Waals surface area (Å²) in [5.74, 6) is 5.85. The Hall–Kier alpha value is -2.49. The summed E-state index contributed by atoms with van der Waals surface area (Å²) >= 11 is 1.84. The number of aryl methyl sites for hydroxylation is 2. The number of thiazole rings is 1. The molecule has 3 aliphatic heterocycles. The van der Waals surface area contributed by atoms with Gasteiger partial charge < -0.3 is 13.7 Å². The Balaban J connectivity index is 0.000000541. The predicted molar refractivity (Wildman–Crippen MR) is 401 cm³/mol. The molecular formula is C81H154N6O2S. The fraction of sp³-hybridized carbons (Fsp3) is 0.864. The maximum Gasteiger partial charge on any atom is 0.200 e. The van der Waals surface area contributed by atoms with Crippen molar-refractivity contribution in [2.75, 3.05) is 0 Å². The van der Waals surface area contributed by atoms with Gasteiger partial charge >= 0.3 is 0 Å². The first kappa shape index (κ1) is 85.5. The van der Waals surface area contributed by atoms with Gasteiger partial charge in [0, 0.05) is 84.1 Å². The fourth-order valence-corrected chi connectivity index (χ4v) is 17.4. The molecule has 10 atom stereocenters. The average molecular weight is 1280 g/mol. The second-order valence-electron chi connectivity index (χ2n) is 40.7. The van der Waals surface area contributed by atoms with Gasteiger partial charge in [-0.25, -0.2) is 15.0 Å². The highest BCUT2D eigenvalue weighted by molar-refractivity contribution is 7.11. The lowest BCUT2D eigenvalue weighted by Gasteiger charge is -2.41. The summed E-state index contributed by atoms with van der Waals surface area (Å²) in [6.45, 7) is 109. The zero-order valence-corrected chi connectivity index (χ0v) is 70.0. The van der Waals surface area contributed by atoms with E-state index in [1.54, 1.807) is 0 Å². The van der Waals surface area contributed by atoms with E-state index in [1.165, 1.54) is 38.1 Å². The molecular weight excluding hydrogens is 1120 g/mol. The monoisotopic (exact) mass is 1280 g/mol. The van der Waals surface area contributed by atoms with Crippen molar-refractivity contribution in [1.82, 2.24) is 24.3 Å². The quantitative estimate of drug-likeness (QED) is 0.223. The van der Waals surface area contributed by atoms with Crippen LogP contribution in [0, 0.1) is 80.0 Å². The van der Waals surface area contributed by atoms with Gasteiger partial charge in [0.15, 0.2) is 11.8 Å². The maximum atomic E-state index is 5.81. The van der Waals surface area contributed by atoms with E-state index < -0.39 is 0 Å². The van der Waals surface area contributed by atoms with Crippen LogP contribution in [0.15, 0.2) is 9.41 Å². The molecule has 9 heteroatoms. The van der Waals surface area contributed by atoms with Gasteiger partial charge in [-0.3, -0.25) is 9.80 Å². The molecule has 10 unspecified atom stereocenters. The first-order valence-electron chi connectivity index (χ1n) is 35.3. The Kier molecular flexibility index (Phi) is 27.6. The van der Waals surface area contributed by atoms with E-state index in [-0.39, 0.29) is 66.7 Å². The Morgan fingerprint density at radius 1 is 0.389 bits per heavy atom. The van der Waals surface area contributed by atoms with Crippen molar-refractivity contribution in [3.63, 3.8) is 0 Å². The number of nitrogens with zero attached hydrogens (tertiary/aromatic N) is 6. The van der Waals surface area contributed by atoms with Gasteiger partial charge in [0.05, 0.1) is 22.4 Å². The third kappa shape index (κ3) is 22.3. The Bertz CT molecular complexity index is 2540. The molecule has 3 aliphatic rings. The highest BCUT2D eigenvalue weighted by Gasteiger charge is 2.52. The van der Waals surface area contributed by atoms with E-state index in [1.807, 2.05) is 18.3 Å². The van der Waals surface area contributed by atoms with Crippen LogP contribution in [0.5, 0.6) is 0 Å². The van der Waals surface area contributed by atoms with Crippen molar-refractivity contribution in [3.8, 4) is 0 Å². The lowest BCUT2D eigenvalue weighted by Crippen LogP contribution is -2.49. The Morgan fingerprint density at radius 3 is 0.933 bits per heavy atom. The molecule has 0 aliphatic carbocycles. The molecule has 3 aromatic rings. The zero-order chi connectivity index (χ0) is 72.1. The molecule has 90 heavy (non-hydrogen) atoms. The molecule has 2 fully saturated rings. The summed E-state index contributed by atoms with van der Waals surface area (Å²) < 4.78 is 14.0. The molecule has 0 radical (unpaired) electrons. The lowest BCUT2D eigenvalue weighted by atomic mass is 9.71.